The van der Waals surface area contributed by atoms with Gasteiger partial charge in [0.25, 0.3) is 5.91 Å². The minimum Gasteiger partial charge on any atom is -0.351 e. The number of carbonyl (C=O) groups is 1. The van der Waals surface area contributed by atoms with Crippen LogP contribution in [-0.2, 0) is 5.75 Å². The van der Waals surface area contributed by atoms with Gasteiger partial charge in [0.05, 0.1) is 0 Å². The van der Waals surface area contributed by atoms with Crippen LogP contribution in [-0.4, -0.2) is 31.3 Å². The first kappa shape index (κ1) is 19.3. The van der Waals surface area contributed by atoms with Crippen LogP contribution in [0.25, 0.3) is 0 Å². The minimum absolute atomic E-state index is 0. The van der Waals surface area contributed by atoms with Crippen molar-refractivity contribution in [3.63, 3.8) is 0 Å². The molecule has 1 aromatic rings. The number of halogens is 1. The molecule has 124 valence electrons. The first-order valence-corrected chi connectivity index (χ1v) is 8.94. The Morgan fingerprint density at radius 3 is 2.50 bits per heavy atom. The van der Waals surface area contributed by atoms with E-state index in [1.54, 1.807) is 0 Å². The zero-order chi connectivity index (χ0) is 15.1. The lowest BCUT2D eigenvalue weighted by molar-refractivity contribution is 0.0922. The Labute approximate surface area is 144 Å². The highest BCUT2D eigenvalue weighted by molar-refractivity contribution is 7.98. The van der Waals surface area contributed by atoms with E-state index in [4.69, 9.17) is 0 Å². The van der Waals surface area contributed by atoms with Crippen molar-refractivity contribution >= 4 is 30.1 Å². The molecule has 0 aromatic heterocycles. The molecule has 1 heterocycles. The smallest absolute Gasteiger partial charge is 0.251 e. The molecule has 2 N–H and O–H groups in total. The predicted molar refractivity (Wildman–Crippen MR) is 98.1 cm³/mol. The third-order valence-electron chi connectivity index (χ3n) is 4.18. The molecule has 0 bridgehead atoms. The summed E-state index contributed by atoms with van der Waals surface area (Å²) in [6.45, 7) is 7.29. The number of rotatable bonds is 6. The van der Waals surface area contributed by atoms with E-state index in [9.17, 15) is 4.79 Å². The summed E-state index contributed by atoms with van der Waals surface area (Å²) in [5, 5.41) is 6.47. The topological polar surface area (TPSA) is 41.1 Å². The molecule has 1 aliphatic heterocycles. The van der Waals surface area contributed by atoms with Gasteiger partial charge in [0, 0.05) is 17.9 Å². The number of piperidine rings is 1. The van der Waals surface area contributed by atoms with Crippen molar-refractivity contribution in [2.24, 2.45) is 5.41 Å². The normalized spacial score (nSPS) is 16.6. The molecule has 2 rings (SSSR count). The largest absolute Gasteiger partial charge is 0.351 e. The highest BCUT2D eigenvalue weighted by Gasteiger charge is 2.27. The Kier molecular flexibility index (Phi) is 8.29. The second-order valence-corrected chi connectivity index (χ2v) is 7.35. The van der Waals surface area contributed by atoms with Gasteiger partial charge in [0.2, 0.25) is 0 Å². The molecule has 22 heavy (non-hydrogen) atoms. The third-order valence-corrected chi connectivity index (χ3v) is 5.12. The molecule has 3 nitrogen and oxygen atoms in total. The van der Waals surface area contributed by atoms with Crippen molar-refractivity contribution < 1.29 is 4.79 Å². The molecule has 0 atom stereocenters. The summed E-state index contributed by atoms with van der Waals surface area (Å²) < 4.78 is 0. The Morgan fingerprint density at radius 2 is 1.91 bits per heavy atom. The second-order valence-electron chi connectivity index (χ2n) is 6.08. The summed E-state index contributed by atoms with van der Waals surface area (Å²) in [6.07, 6.45) is 2.25. The van der Waals surface area contributed by atoms with Gasteiger partial charge < -0.3 is 10.6 Å². The zero-order valence-corrected chi connectivity index (χ0v) is 15.1. The quantitative estimate of drug-likeness (QED) is 0.831. The van der Waals surface area contributed by atoms with Gasteiger partial charge in [-0.1, -0.05) is 26.0 Å². The first-order valence-electron chi connectivity index (χ1n) is 7.78. The zero-order valence-electron chi connectivity index (χ0n) is 13.5. The summed E-state index contributed by atoms with van der Waals surface area (Å²) in [4.78, 5) is 12.2. The number of carbonyl (C=O) groups excluding carboxylic acids is 1. The molecule has 0 radical (unpaired) electrons. The maximum Gasteiger partial charge on any atom is 0.251 e. The molecule has 1 aromatic carbocycles. The van der Waals surface area contributed by atoms with Gasteiger partial charge in [-0.25, -0.2) is 0 Å². The van der Waals surface area contributed by atoms with Crippen molar-refractivity contribution in [1.29, 1.82) is 0 Å². The van der Waals surface area contributed by atoms with Crippen LogP contribution in [0.3, 0.4) is 0 Å². The SMILES string of the molecule is CCSCc1ccc(C(=O)NCC2(C)CCNCC2)cc1.Cl. The number of thioether (sulfide) groups is 1. The number of amides is 1. The van der Waals surface area contributed by atoms with Crippen LogP contribution in [0.15, 0.2) is 24.3 Å². The number of hydrogen-bond donors (Lipinski definition) is 2. The van der Waals surface area contributed by atoms with Crippen molar-refractivity contribution in [3.8, 4) is 0 Å². The van der Waals surface area contributed by atoms with Crippen molar-refractivity contribution in [1.82, 2.24) is 10.6 Å². The van der Waals surface area contributed by atoms with Crippen LogP contribution < -0.4 is 10.6 Å². The van der Waals surface area contributed by atoms with Crippen LogP contribution in [0.2, 0.25) is 0 Å². The summed E-state index contributed by atoms with van der Waals surface area (Å²) in [7, 11) is 0. The number of benzene rings is 1. The van der Waals surface area contributed by atoms with Crippen LogP contribution in [0, 0.1) is 5.41 Å². The van der Waals surface area contributed by atoms with E-state index in [1.807, 2.05) is 23.9 Å². The average Bonchev–Trinajstić information content (AvgIpc) is 2.52. The molecule has 0 saturated carbocycles. The first-order chi connectivity index (χ1) is 10.1. The maximum absolute atomic E-state index is 12.2. The van der Waals surface area contributed by atoms with Gasteiger partial charge in [0.15, 0.2) is 0 Å². The van der Waals surface area contributed by atoms with E-state index in [0.29, 0.717) is 0 Å². The standard InChI is InChI=1S/C17H26N2OS.ClH/c1-3-21-12-14-4-6-15(7-5-14)16(20)19-13-17(2)8-10-18-11-9-17;/h4-7,18H,3,8-13H2,1-2H3,(H,19,20);1H. The van der Waals surface area contributed by atoms with Crippen molar-refractivity contribution in [2.45, 2.75) is 32.4 Å². The van der Waals surface area contributed by atoms with E-state index in [-0.39, 0.29) is 23.7 Å². The molecule has 0 spiro atoms. The van der Waals surface area contributed by atoms with Gasteiger partial charge in [-0.2, -0.15) is 11.8 Å². The van der Waals surface area contributed by atoms with Gasteiger partial charge in [0.1, 0.15) is 0 Å². The lowest BCUT2D eigenvalue weighted by Gasteiger charge is -2.34. The Bertz CT molecular complexity index is 458. The second kappa shape index (κ2) is 9.43. The lowest BCUT2D eigenvalue weighted by Crippen LogP contribution is -2.42. The highest BCUT2D eigenvalue weighted by Crippen LogP contribution is 2.26. The predicted octanol–water partition coefficient (Wildman–Crippen LogP) is 3.48. The monoisotopic (exact) mass is 342 g/mol. The summed E-state index contributed by atoms with van der Waals surface area (Å²) in [5.74, 6) is 2.18. The van der Waals surface area contributed by atoms with E-state index >= 15 is 0 Å². The fraction of sp³-hybridized carbons (Fsp3) is 0.588. The van der Waals surface area contributed by atoms with E-state index in [0.717, 1.165) is 49.5 Å². The molecular formula is C17H27ClN2OS. The molecule has 1 saturated heterocycles. The summed E-state index contributed by atoms with van der Waals surface area (Å²) >= 11 is 1.90. The van der Waals surface area contributed by atoms with Crippen molar-refractivity contribution in [2.75, 3.05) is 25.4 Å². The van der Waals surface area contributed by atoms with E-state index in [1.165, 1.54) is 5.56 Å². The van der Waals surface area contributed by atoms with Crippen LogP contribution in [0.1, 0.15) is 42.6 Å². The van der Waals surface area contributed by atoms with E-state index < -0.39 is 0 Å². The molecule has 5 heteroatoms. The average molecular weight is 343 g/mol. The Balaban J connectivity index is 0.00000242. The Hall–Kier alpha value is -0.710. The van der Waals surface area contributed by atoms with Gasteiger partial charge in [-0.05, 0) is 54.8 Å². The third kappa shape index (κ3) is 5.82. The fourth-order valence-electron chi connectivity index (χ4n) is 2.58. The van der Waals surface area contributed by atoms with Crippen LogP contribution >= 0.6 is 24.2 Å². The molecule has 1 fully saturated rings. The molecule has 0 unspecified atom stereocenters. The summed E-state index contributed by atoms with van der Waals surface area (Å²) in [6, 6.07) is 7.99. The lowest BCUT2D eigenvalue weighted by atomic mass is 9.81. The molecular weight excluding hydrogens is 316 g/mol. The van der Waals surface area contributed by atoms with Gasteiger partial charge in [-0.3, -0.25) is 4.79 Å². The molecule has 0 aliphatic carbocycles. The van der Waals surface area contributed by atoms with Crippen molar-refractivity contribution in [3.05, 3.63) is 35.4 Å². The van der Waals surface area contributed by atoms with E-state index in [2.05, 4.69) is 36.6 Å². The minimum atomic E-state index is 0. The fourth-order valence-corrected chi connectivity index (χ4v) is 3.21. The Morgan fingerprint density at radius 1 is 1.27 bits per heavy atom. The number of hydrogen-bond acceptors (Lipinski definition) is 3. The highest BCUT2D eigenvalue weighted by atomic mass is 35.5. The van der Waals surface area contributed by atoms with Gasteiger partial charge in [-0.15, -0.1) is 12.4 Å². The van der Waals surface area contributed by atoms with Crippen LogP contribution in [0.4, 0.5) is 0 Å². The maximum atomic E-state index is 12.2. The molecule has 1 aliphatic rings. The van der Waals surface area contributed by atoms with Gasteiger partial charge >= 0.3 is 0 Å². The number of nitrogens with one attached hydrogen (secondary N) is 2. The summed E-state index contributed by atoms with van der Waals surface area (Å²) in [5.41, 5.74) is 2.28. The molecule has 1 amide bonds. The van der Waals surface area contributed by atoms with Crippen LogP contribution in [0.5, 0.6) is 0 Å².